The van der Waals surface area contributed by atoms with Crippen LogP contribution >= 0.6 is 0 Å². The number of carbonyl (C=O) groups excluding carboxylic acids is 1. The predicted molar refractivity (Wildman–Crippen MR) is 82.7 cm³/mol. The van der Waals surface area contributed by atoms with Crippen LogP contribution in [0.25, 0.3) is 11.5 Å². The first-order valence-electron chi connectivity index (χ1n) is 7.30. The van der Waals surface area contributed by atoms with Crippen molar-refractivity contribution in [1.29, 1.82) is 0 Å². The molecule has 6 heteroatoms. The molecule has 2 heterocycles. The molecular formula is C16H19N3O3. The van der Waals surface area contributed by atoms with E-state index in [2.05, 4.69) is 15.6 Å². The van der Waals surface area contributed by atoms with Crippen LogP contribution in [0.2, 0.25) is 0 Å². The van der Waals surface area contributed by atoms with Gasteiger partial charge in [-0.2, -0.15) is 0 Å². The normalized spacial score (nSPS) is 18.2. The largest absolute Gasteiger partial charge is 0.441 e. The fraction of sp³-hybridized carbons (Fsp3) is 0.375. The Bertz CT molecular complexity index is 656. The van der Waals surface area contributed by atoms with Crippen molar-refractivity contribution in [2.45, 2.75) is 19.9 Å². The first kappa shape index (κ1) is 14.7. The number of oxazole rings is 1. The van der Waals surface area contributed by atoms with E-state index in [0.29, 0.717) is 31.3 Å². The quantitative estimate of drug-likeness (QED) is 0.905. The van der Waals surface area contributed by atoms with Crippen molar-refractivity contribution in [1.82, 2.24) is 10.3 Å². The number of hydrogen-bond acceptors (Lipinski definition) is 5. The molecule has 1 aliphatic rings. The van der Waals surface area contributed by atoms with Gasteiger partial charge in [0.1, 0.15) is 11.8 Å². The Labute approximate surface area is 128 Å². The summed E-state index contributed by atoms with van der Waals surface area (Å²) in [7, 11) is 0. The summed E-state index contributed by atoms with van der Waals surface area (Å²) in [4.78, 5) is 16.6. The summed E-state index contributed by atoms with van der Waals surface area (Å²) in [6.07, 6.45) is 0. The molecule has 0 bridgehead atoms. The Morgan fingerprint density at radius 2 is 2.27 bits per heavy atom. The van der Waals surface area contributed by atoms with Crippen LogP contribution in [0.5, 0.6) is 0 Å². The summed E-state index contributed by atoms with van der Waals surface area (Å²) in [6, 6.07) is 7.15. The number of carbonyl (C=O) groups is 1. The number of morpholine rings is 1. The zero-order valence-electron chi connectivity index (χ0n) is 12.7. The monoisotopic (exact) mass is 301 g/mol. The second-order valence-corrected chi connectivity index (χ2v) is 5.31. The Balaban J connectivity index is 1.74. The highest BCUT2D eigenvalue weighted by atomic mass is 16.5. The molecule has 0 spiro atoms. The molecule has 0 radical (unpaired) electrons. The van der Waals surface area contributed by atoms with Gasteiger partial charge in [0.05, 0.1) is 18.9 Å². The van der Waals surface area contributed by atoms with E-state index in [-0.39, 0.29) is 11.9 Å². The third-order valence-electron chi connectivity index (χ3n) is 3.64. The second kappa shape index (κ2) is 6.29. The number of aromatic nitrogens is 1. The van der Waals surface area contributed by atoms with Crippen LogP contribution in [0.3, 0.4) is 0 Å². The van der Waals surface area contributed by atoms with Crippen LogP contribution in [0.1, 0.15) is 11.5 Å². The molecule has 0 saturated carbocycles. The molecule has 1 aromatic carbocycles. The van der Waals surface area contributed by atoms with Gasteiger partial charge in [0.15, 0.2) is 0 Å². The first-order chi connectivity index (χ1) is 10.6. The van der Waals surface area contributed by atoms with Crippen molar-refractivity contribution < 1.29 is 13.9 Å². The molecule has 1 amide bonds. The molecule has 116 valence electrons. The number of hydrogen-bond donors (Lipinski definition) is 2. The van der Waals surface area contributed by atoms with Gasteiger partial charge in [-0.15, -0.1) is 0 Å². The van der Waals surface area contributed by atoms with E-state index in [1.807, 2.05) is 38.1 Å². The van der Waals surface area contributed by atoms with Crippen LogP contribution in [0.15, 0.2) is 28.7 Å². The minimum Gasteiger partial charge on any atom is -0.441 e. The molecule has 2 aromatic rings. The number of aryl methyl sites for hydroxylation is 2. The Kier molecular flexibility index (Phi) is 4.22. The van der Waals surface area contributed by atoms with Gasteiger partial charge < -0.3 is 19.8 Å². The maximum atomic E-state index is 12.2. The van der Waals surface area contributed by atoms with Crippen molar-refractivity contribution in [2.24, 2.45) is 0 Å². The van der Waals surface area contributed by atoms with Gasteiger partial charge in [-0.05, 0) is 32.0 Å². The van der Waals surface area contributed by atoms with Gasteiger partial charge >= 0.3 is 0 Å². The molecule has 1 aromatic heterocycles. The fourth-order valence-electron chi connectivity index (χ4n) is 2.29. The fourth-order valence-corrected chi connectivity index (χ4v) is 2.29. The number of rotatable bonds is 3. The van der Waals surface area contributed by atoms with Gasteiger partial charge in [0.2, 0.25) is 11.8 Å². The summed E-state index contributed by atoms with van der Waals surface area (Å²) >= 11 is 0. The highest BCUT2D eigenvalue weighted by molar-refractivity contribution is 5.95. The minimum atomic E-state index is -0.316. The molecule has 3 rings (SSSR count). The van der Waals surface area contributed by atoms with E-state index < -0.39 is 0 Å². The lowest BCUT2D eigenvalue weighted by atomic mass is 10.2. The average molecular weight is 301 g/mol. The smallest absolute Gasteiger partial charge is 0.243 e. The molecule has 22 heavy (non-hydrogen) atoms. The lowest BCUT2D eigenvalue weighted by Gasteiger charge is -2.22. The molecule has 1 atom stereocenters. The van der Waals surface area contributed by atoms with Crippen molar-refractivity contribution in [3.05, 3.63) is 35.7 Å². The van der Waals surface area contributed by atoms with Gasteiger partial charge in [-0.1, -0.05) is 6.07 Å². The van der Waals surface area contributed by atoms with Gasteiger partial charge in [0.25, 0.3) is 0 Å². The predicted octanol–water partition coefficient (Wildman–Crippen LogP) is 1.89. The molecule has 6 nitrogen and oxygen atoms in total. The first-order valence-corrected chi connectivity index (χ1v) is 7.30. The van der Waals surface area contributed by atoms with Crippen molar-refractivity contribution in [2.75, 3.05) is 25.1 Å². The molecule has 1 unspecified atom stereocenters. The Morgan fingerprint density at radius 1 is 1.41 bits per heavy atom. The van der Waals surface area contributed by atoms with E-state index in [4.69, 9.17) is 9.15 Å². The number of ether oxygens (including phenoxy) is 1. The van der Waals surface area contributed by atoms with E-state index in [1.165, 1.54) is 0 Å². The molecule has 0 aliphatic carbocycles. The Hall–Kier alpha value is -2.18. The molecule has 1 fully saturated rings. The molecule has 1 saturated heterocycles. The molecular weight excluding hydrogens is 282 g/mol. The second-order valence-electron chi connectivity index (χ2n) is 5.31. The topological polar surface area (TPSA) is 76.4 Å². The van der Waals surface area contributed by atoms with Crippen molar-refractivity contribution >= 4 is 11.6 Å². The summed E-state index contributed by atoms with van der Waals surface area (Å²) < 4.78 is 10.9. The van der Waals surface area contributed by atoms with Crippen LogP contribution in [0.4, 0.5) is 5.69 Å². The zero-order valence-corrected chi connectivity index (χ0v) is 12.7. The van der Waals surface area contributed by atoms with E-state index in [1.54, 1.807) is 0 Å². The van der Waals surface area contributed by atoms with Crippen molar-refractivity contribution in [3.8, 4) is 11.5 Å². The highest BCUT2D eigenvalue weighted by Crippen LogP contribution is 2.24. The van der Waals surface area contributed by atoms with Crippen LogP contribution < -0.4 is 10.6 Å². The summed E-state index contributed by atoms with van der Waals surface area (Å²) in [5.41, 5.74) is 2.42. The van der Waals surface area contributed by atoms with Crippen molar-refractivity contribution in [3.63, 3.8) is 0 Å². The molecule has 2 N–H and O–H groups in total. The summed E-state index contributed by atoms with van der Waals surface area (Å²) in [5, 5.41) is 6.02. The third kappa shape index (κ3) is 3.18. The number of nitrogens with zero attached hydrogens (tertiary/aromatic N) is 1. The number of anilines is 1. The maximum absolute atomic E-state index is 12.2. The van der Waals surface area contributed by atoms with Crippen LogP contribution in [-0.4, -0.2) is 36.7 Å². The van der Waals surface area contributed by atoms with Crippen LogP contribution in [0, 0.1) is 13.8 Å². The lowest BCUT2D eigenvalue weighted by Crippen LogP contribution is -2.48. The number of nitrogens with one attached hydrogen (secondary N) is 2. The maximum Gasteiger partial charge on any atom is 0.243 e. The van der Waals surface area contributed by atoms with Gasteiger partial charge in [0, 0.05) is 17.8 Å². The number of amides is 1. The summed E-state index contributed by atoms with van der Waals surface area (Å²) in [5.74, 6) is 1.26. The van der Waals surface area contributed by atoms with Gasteiger partial charge in [-0.25, -0.2) is 4.98 Å². The van der Waals surface area contributed by atoms with Gasteiger partial charge in [-0.3, -0.25) is 4.79 Å². The Morgan fingerprint density at radius 3 is 2.95 bits per heavy atom. The zero-order chi connectivity index (χ0) is 15.5. The third-order valence-corrected chi connectivity index (χ3v) is 3.64. The number of benzene rings is 1. The average Bonchev–Trinajstić information content (AvgIpc) is 2.88. The minimum absolute atomic E-state index is 0.100. The molecule has 1 aliphatic heterocycles. The van der Waals surface area contributed by atoms with E-state index >= 15 is 0 Å². The van der Waals surface area contributed by atoms with Crippen LogP contribution in [-0.2, 0) is 9.53 Å². The van der Waals surface area contributed by atoms with E-state index in [0.717, 1.165) is 17.0 Å². The standard InChI is InChI=1S/C16H19N3O3/c1-10-11(2)22-16(18-10)12-4-3-5-13(8-12)19-15(20)14-9-21-7-6-17-14/h3-5,8,14,17H,6-7,9H2,1-2H3,(H,19,20). The van der Waals surface area contributed by atoms with E-state index in [9.17, 15) is 4.79 Å². The lowest BCUT2D eigenvalue weighted by molar-refractivity contribution is -0.120. The summed E-state index contributed by atoms with van der Waals surface area (Å²) in [6.45, 7) is 5.51. The SMILES string of the molecule is Cc1nc(-c2cccc(NC(=O)C3COCCN3)c2)oc1C. The highest BCUT2D eigenvalue weighted by Gasteiger charge is 2.21.